The van der Waals surface area contributed by atoms with Crippen LogP contribution < -0.4 is 15.0 Å². The minimum absolute atomic E-state index is 0.0167. The third kappa shape index (κ3) is 4.13. The number of aromatic nitrogens is 2. The molecule has 0 radical (unpaired) electrons. The quantitative estimate of drug-likeness (QED) is 0.899. The van der Waals surface area contributed by atoms with Crippen LogP contribution in [0.3, 0.4) is 0 Å². The Labute approximate surface area is 159 Å². The van der Waals surface area contributed by atoms with E-state index >= 15 is 0 Å². The molecule has 0 bridgehead atoms. The normalized spacial score (nSPS) is 19.4. The first-order chi connectivity index (χ1) is 13.2. The number of nitrogens with zero attached hydrogens (tertiary/aromatic N) is 4. The molecule has 0 saturated carbocycles. The lowest BCUT2D eigenvalue weighted by molar-refractivity contribution is 0.195. The van der Waals surface area contributed by atoms with Gasteiger partial charge in [-0.15, -0.1) is 0 Å². The van der Waals surface area contributed by atoms with Crippen molar-refractivity contribution in [1.82, 2.24) is 14.9 Å². The van der Waals surface area contributed by atoms with Gasteiger partial charge < -0.3 is 19.9 Å². The average molecular weight is 367 g/mol. The van der Waals surface area contributed by atoms with Crippen LogP contribution in [-0.4, -0.2) is 53.2 Å². The van der Waals surface area contributed by atoms with Gasteiger partial charge in [0.15, 0.2) is 11.6 Å². The zero-order chi connectivity index (χ0) is 18.6. The zero-order valence-electron chi connectivity index (χ0n) is 15.6. The number of hydrogen-bond donors (Lipinski definition) is 1. The predicted octanol–water partition coefficient (Wildman–Crippen LogP) is 3.07. The first-order valence-corrected chi connectivity index (χ1v) is 9.53. The van der Waals surface area contributed by atoms with Crippen molar-refractivity contribution in [2.24, 2.45) is 0 Å². The van der Waals surface area contributed by atoms with Crippen LogP contribution >= 0.6 is 0 Å². The number of nitrogens with one attached hydrogen (secondary N) is 1. The van der Waals surface area contributed by atoms with Gasteiger partial charge in [-0.05, 0) is 43.5 Å². The van der Waals surface area contributed by atoms with E-state index in [1.54, 1.807) is 17.3 Å². The van der Waals surface area contributed by atoms with Gasteiger partial charge in [0.1, 0.15) is 6.10 Å². The van der Waals surface area contributed by atoms with Crippen molar-refractivity contribution >= 4 is 17.5 Å². The molecular formula is C20H25N5O2. The van der Waals surface area contributed by atoms with Crippen molar-refractivity contribution in [3.05, 3.63) is 42.4 Å². The topological polar surface area (TPSA) is 70.6 Å². The van der Waals surface area contributed by atoms with Crippen molar-refractivity contribution < 1.29 is 9.53 Å². The lowest BCUT2D eigenvalue weighted by atomic mass is 10.3. The Hall–Kier alpha value is -2.83. The Morgan fingerprint density at radius 1 is 1.26 bits per heavy atom. The molecule has 2 aromatic rings. The summed E-state index contributed by atoms with van der Waals surface area (Å²) in [5.74, 6) is 1.73. The molecule has 1 N–H and O–H groups in total. The third-order valence-electron chi connectivity index (χ3n) is 5.01. The average Bonchev–Trinajstić information content (AvgIpc) is 3.34. The number of urea groups is 1. The number of anilines is 2. The predicted molar refractivity (Wildman–Crippen MR) is 104 cm³/mol. The molecule has 2 aliphatic rings. The van der Waals surface area contributed by atoms with Crippen LogP contribution in [0.2, 0.25) is 0 Å². The number of carbonyl (C=O) groups excluding carboxylic acids is 1. The smallest absolute Gasteiger partial charge is 0.322 e. The molecule has 0 aliphatic carbocycles. The van der Waals surface area contributed by atoms with E-state index in [0.717, 1.165) is 36.6 Å². The van der Waals surface area contributed by atoms with Crippen LogP contribution in [0.1, 0.15) is 24.8 Å². The molecule has 2 aromatic heterocycles. The van der Waals surface area contributed by atoms with Crippen LogP contribution in [0.5, 0.6) is 5.75 Å². The molecule has 1 atom stereocenters. The van der Waals surface area contributed by atoms with Gasteiger partial charge in [0.2, 0.25) is 0 Å². The summed E-state index contributed by atoms with van der Waals surface area (Å²) in [5.41, 5.74) is 1.73. The molecule has 0 aromatic carbocycles. The summed E-state index contributed by atoms with van der Waals surface area (Å²) in [4.78, 5) is 25.2. The number of aryl methyl sites for hydroxylation is 1. The first kappa shape index (κ1) is 17.6. The number of hydrogen-bond acceptors (Lipinski definition) is 5. The van der Waals surface area contributed by atoms with E-state index in [1.165, 1.54) is 12.8 Å². The number of ether oxygens (including phenoxy) is 1. The van der Waals surface area contributed by atoms with Gasteiger partial charge in [-0.1, -0.05) is 0 Å². The largest absolute Gasteiger partial charge is 0.485 e. The maximum Gasteiger partial charge on any atom is 0.322 e. The van der Waals surface area contributed by atoms with Crippen molar-refractivity contribution in [3.8, 4) is 5.75 Å². The zero-order valence-corrected chi connectivity index (χ0v) is 15.6. The highest BCUT2D eigenvalue weighted by Crippen LogP contribution is 2.30. The molecule has 2 amide bonds. The minimum Gasteiger partial charge on any atom is -0.485 e. The fourth-order valence-electron chi connectivity index (χ4n) is 3.65. The van der Waals surface area contributed by atoms with Gasteiger partial charge in [0.05, 0.1) is 18.4 Å². The Morgan fingerprint density at radius 2 is 2.11 bits per heavy atom. The molecule has 2 saturated heterocycles. The van der Waals surface area contributed by atoms with Gasteiger partial charge in [-0.25, -0.2) is 9.78 Å². The van der Waals surface area contributed by atoms with E-state index in [2.05, 4.69) is 20.2 Å². The van der Waals surface area contributed by atoms with Gasteiger partial charge in [-0.2, -0.15) is 0 Å². The number of amides is 2. The van der Waals surface area contributed by atoms with Crippen molar-refractivity contribution in [3.63, 3.8) is 0 Å². The van der Waals surface area contributed by atoms with Crippen molar-refractivity contribution in [2.45, 2.75) is 32.3 Å². The summed E-state index contributed by atoms with van der Waals surface area (Å²) in [6.07, 6.45) is 8.42. The van der Waals surface area contributed by atoms with E-state index in [9.17, 15) is 4.79 Å². The van der Waals surface area contributed by atoms with Crippen molar-refractivity contribution in [1.29, 1.82) is 0 Å². The Morgan fingerprint density at radius 3 is 2.93 bits per heavy atom. The fraction of sp³-hybridized carbons (Fsp3) is 0.450. The van der Waals surface area contributed by atoms with Crippen molar-refractivity contribution in [2.75, 3.05) is 36.4 Å². The van der Waals surface area contributed by atoms with Crippen LogP contribution in [0, 0.1) is 6.92 Å². The summed E-state index contributed by atoms with van der Waals surface area (Å²) in [6, 6.07) is 5.67. The highest BCUT2D eigenvalue weighted by Gasteiger charge is 2.29. The molecular weight excluding hydrogens is 342 g/mol. The Bertz CT molecular complexity index is 806. The fourth-order valence-corrected chi connectivity index (χ4v) is 3.65. The molecule has 7 nitrogen and oxygen atoms in total. The lowest BCUT2D eigenvalue weighted by Crippen LogP contribution is -2.34. The molecule has 0 unspecified atom stereocenters. The van der Waals surface area contributed by atoms with Crippen LogP contribution in [0.4, 0.5) is 16.3 Å². The number of rotatable bonds is 4. The lowest BCUT2D eigenvalue weighted by Gasteiger charge is -2.22. The van der Waals surface area contributed by atoms with E-state index < -0.39 is 0 Å². The molecule has 7 heteroatoms. The van der Waals surface area contributed by atoms with Gasteiger partial charge in [0, 0.05) is 38.4 Å². The second-order valence-corrected chi connectivity index (χ2v) is 7.17. The number of likely N-dealkylation sites (tertiary alicyclic amines) is 1. The molecule has 4 rings (SSSR count). The summed E-state index contributed by atoms with van der Waals surface area (Å²) in [5, 5.41) is 2.91. The molecule has 2 aliphatic heterocycles. The van der Waals surface area contributed by atoms with E-state index in [0.29, 0.717) is 18.8 Å². The second kappa shape index (κ2) is 7.82. The first-order valence-electron chi connectivity index (χ1n) is 9.53. The summed E-state index contributed by atoms with van der Waals surface area (Å²) in [6.45, 7) is 5.25. The van der Waals surface area contributed by atoms with E-state index in [1.807, 2.05) is 31.3 Å². The third-order valence-corrected chi connectivity index (χ3v) is 5.01. The Kier molecular flexibility index (Phi) is 5.09. The molecule has 142 valence electrons. The molecule has 4 heterocycles. The summed E-state index contributed by atoms with van der Waals surface area (Å²) >= 11 is 0. The SMILES string of the molecule is Cc1cncc(NC(=O)N2CC[C@@H](Oc3cccnc3N3CCCC3)C2)c1. The van der Waals surface area contributed by atoms with E-state index in [-0.39, 0.29) is 12.1 Å². The number of pyridine rings is 2. The monoisotopic (exact) mass is 367 g/mol. The van der Waals surface area contributed by atoms with Crippen LogP contribution in [0.25, 0.3) is 0 Å². The second-order valence-electron chi connectivity index (χ2n) is 7.17. The van der Waals surface area contributed by atoms with Gasteiger partial charge in [-0.3, -0.25) is 4.98 Å². The maximum absolute atomic E-state index is 12.5. The summed E-state index contributed by atoms with van der Waals surface area (Å²) in [7, 11) is 0. The standard InChI is InChI=1S/C20H25N5O2/c1-15-11-16(13-21-12-15)23-20(26)25-10-6-17(14-25)27-18-5-4-7-22-19(18)24-8-2-3-9-24/h4-5,7,11-13,17H,2-3,6,8-10,14H2,1H3,(H,23,26)/t17-/m1/s1. The van der Waals surface area contributed by atoms with E-state index in [4.69, 9.17) is 4.74 Å². The minimum atomic E-state index is -0.112. The summed E-state index contributed by atoms with van der Waals surface area (Å²) < 4.78 is 6.23. The maximum atomic E-state index is 12.5. The van der Waals surface area contributed by atoms with Crippen LogP contribution in [-0.2, 0) is 0 Å². The molecule has 27 heavy (non-hydrogen) atoms. The van der Waals surface area contributed by atoms with Gasteiger partial charge >= 0.3 is 6.03 Å². The molecule has 0 spiro atoms. The molecule has 2 fully saturated rings. The number of carbonyl (C=O) groups is 1. The van der Waals surface area contributed by atoms with Gasteiger partial charge in [0.25, 0.3) is 0 Å². The Balaban J connectivity index is 1.37. The highest BCUT2D eigenvalue weighted by molar-refractivity contribution is 5.89. The highest BCUT2D eigenvalue weighted by atomic mass is 16.5. The van der Waals surface area contributed by atoms with Crippen LogP contribution in [0.15, 0.2) is 36.8 Å².